The second kappa shape index (κ2) is 8.81. The lowest BCUT2D eigenvalue weighted by Crippen LogP contribution is -2.20. The molecule has 0 radical (unpaired) electrons. The van der Waals surface area contributed by atoms with E-state index in [9.17, 15) is 4.79 Å². The Balaban J connectivity index is 0. The van der Waals surface area contributed by atoms with Crippen molar-refractivity contribution >= 4 is 18.4 Å². The molecule has 0 heterocycles. The highest BCUT2D eigenvalue weighted by atomic mass is 35.5. The van der Waals surface area contributed by atoms with Crippen LogP contribution in [0.1, 0.15) is 33.1 Å². The van der Waals surface area contributed by atoms with Crippen molar-refractivity contribution in [2.45, 2.75) is 39.2 Å². The molecule has 2 N–H and O–H groups in total. The number of hydrogen-bond acceptors (Lipinski definition) is 3. The molecule has 0 rings (SSSR count). The van der Waals surface area contributed by atoms with Crippen LogP contribution < -0.4 is 5.73 Å². The third-order valence-corrected chi connectivity index (χ3v) is 1.55. The average molecular weight is 196 g/mol. The van der Waals surface area contributed by atoms with E-state index < -0.39 is 0 Å². The van der Waals surface area contributed by atoms with E-state index in [0.29, 0.717) is 13.0 Å². The Labute approximate surface area is 80.1 Å². The van der Waals surface area contributed by atoms with E-state index in [0.717, 1.165) is 12.8 Å². The molecule has 0 spiro atoms. The number of carbonyl (C=O) groups is 1. The van der Waals surface area contributed by atoms with Crippen molar-refractivity contribution in [1.29, 1.82) is 0 Å². The van der Waals surface area contributed by atoms with Crippen LogP contribution in [0.5, 0.6) is 0 Å². The molecule has 0 aliphatic carbocycles. The zero-order chi connectivity index (χ0) is 8.69. The minimum atomic E-state index is -0.142. The molecule has 0 aliphatic rings. The second-order valence-electron chi connectivity index (χ2n) is 2.51. The molecule has 0 amide bonds. The van der Waals surface area contributed by atoms with E-state index in [1.54, 1.807) is 6.92 Å². The van der Waals surface area contributed by atoms with Crippen LogP contribution in [0.25, 0.3) is 0 Å². The lowest BCUT2D eigenvalue weighted by molar-refractivity contribution is -0.143. The first-order chi connectivity index (χ1) is 5.20. The van der Waals surface area contributed by atoms with Crippen molar-refractivity contribution in [2.75, 3.05) is 6.61 Å². The Morgan fingerprint density at radius 3 is 2.50 bits per heavy atom. The van der Waals surface area contributed by atoms with E-state index in [-0.39, 0.29) is 24.4 Å². The highest BCUT2D eigenvalue weighted by Crippen LogP contribution is 1.99. The maximum Gasteiger partial charge on any atom is 0.305 e. The summed E-state index contributed by atoms with van der Waals surface area (Å²) in [5, 5.41) is 0. The molecule has 0 saturated heterocycles. The summed E-state index contributed by atoms with van der Waals surface area (Å²) in [6.45, 7) is 4.27. The lowest BCUT2D eigenvalue weighted by Gasteiger charge is -2.06. The summed E-state index contributed by atoms with van der Waals surface area (Å²) in [6.07, 6.45) is 2.09. The number of nitrogens with two attached hydrogens (primary N) is 1. The van der Waals surface area contributed by atoms with Gasteiger partial charge in [0, 0.05) is 12.5 Å². The molecule has 0 saturated carbocycles. The van der Waals surface area contributed by atoms with Gasteiger partial charge in [-0.15, -0.1) is 12.4 Å². The highest BCUT2D eigenvalue weighted by molar-refractivity contribution is 5.85. The number of rotatable bonds is 5. The van der Waals surface area contributed by atoms with Gasteiger partial charge in [0.2, 0.25) is 0 Å². The van der Waals surface area contributed by atoms with Crippen molar-refractivity contribution in [3.8, 4) is 0 Å². The normalized spacial score (nSPS) is 11.6. The molecule has 0 aliphatic heterocycles. The Kier molecular flexibility index (Phi) is 10.5. The van der Waals surface area contributed by atoms with Crippen LogP contribution in [0, 0.1) is 0 Å². The van der Waals surface area contributed by atoms with Crippen LogP contribution in [0.15, 0.2) is 0 Å². The molecule has 74 valence electrons. The zero-order valence-corrected chi connectivity index (χ0v) is 8.52. The Morgan fingerprint density at radius 2 is 2.08 bits per heavy atom. The third kappa shape index (κ3) is 7.82. The van der Waals surface area contributed by atoms with Gasteiger partial charge in [0.25, 0.3) is 0 Å². The van der Waals surface area contributed by atoms with E-state index in [2.05, 4.69) is 0 Å². The van der Waals surface area contributed by atoms with Crippen molar-refractivity contribution in [3.05, 3.63) is 0 Å². The van der Waals surface area contributed by atoms with Gasteiger partial charge in [-0.3, -0.25) is 4.79 Å². The number of esters is 1. The molecule has 1 unspecified atom stereocenters. The summed E-state index contributed by atoms with van der Waals surface area (Å²) in [5.74, 6) is -0.142. The fraction of sp³-hybridized carbons (Fsp3) is 0.875. The predicted octanol–water partition coefficient (Wildman–Crippen LogP) is 1.49. The summed E-state index contributed by atoms with van der Waals surface area (Å²) in [5.41, 5.74) is 5.61. The summed E-state index contributed by atoms with van der Waals surface area (Å²) in [4.78, 5) is 10.8. The fourth-order valence-electron chi connectivity index (χ4n) is 0.741. The maximum atomic E-state index is 10.8. The Hall–Kier alpha value is -0.280. The van der Waals surface area contributed by atoms with E-state index in [4.69, 9.17) is 10.5 Å². The molecule has 0 fully saturated rings. The van der Waals surface area contributed by atoms with Gasteiger partial charge in [0.15, 0.2) is 0 Å². The predicted molar refractivity (Wildman–Crippen MR) is 51.4 cm³/mol. The topological polar surface area (TPSA) is 52.3 Å². The zero-order valence-electron chi connectivity index (χ0n) is 7.71. The van der Waals surface area contributed by atoms with E-state index in [1.807, 2.05) is 6.92 Å². The minimum Gasteiger partial charge on any atom is -0.466 e. The first kappa shape index (κ1) is 14.3. The van der Waals surface area contributed by atoms with Crippen LogP contribution >= 0.6 is 12.4 Å². The smallest absolute Gasteiger partial charge is 0.305 e. The highest BCUT2D eigenvalue weighted by Gasteiger charge is 2.04. The maximum absolute atomic E-state index is 10.8. The second-order valence-corrected chi connectivity index (χ2v) is 2.51. The summed E-state index contributed by atoms with van der Waals surface area (Å²) in [7, 11) is 0. The first-order valence-corrected chi connectivity index (χ1v) is 4.11. The van der Waals surface area contributed by atoms with Gasteiger partial charge in [-0.05, 0) is 19.8 Å². The molecule has 12 heavy (non-hydrogen) atoms. The monoisotopic (exact) mass is 195 g/mol. The lowest BCUT2D eigenvalue weighted by atomic mass is 10.1. The molecule has 0 aromatic rings. The number of halogens is 1. The quantitative estimate of drug-likeness (QED) is 0.677. The molecule has 0 bridgehead atoms. The van der Waals surface area contributed by atoms with Crippen molar-refractivity contribution < 1.29 is 9.53 Å². The number of hydrogen-bond donors (Lipinski definition) is 1. The summed E-state index contributed by atoms with van der Waals surface area (Å²) < 4.78 is 4.74. The molecule has 4 heteroatoms. The molecule has 3 nitrogen and oxygen atoms in total. The van der Waals surface area contributed by atoms with Crippen molar-refractivity contribution in [1.82, 2.24) is 0 Å². The Morgan fingerprint density at radius 1 is 1.50 bits per heavy atom. The van der Waals surface area contributed by atoms with Crippen LogP contribution in [-0.2, 0) is 9.53 Å². The largest absolute Gasteiger partial charge is 0.466 e. The average Bonchev–Trinajstić information content (AvgIpc) is 2.01. The first-order valence-electron chi connectivity index (χ1n) is 4.11. The van der Waals surface area contributed by atoms with Crippen LogP contribution in [0.2, 0.25) is 0 Å². The van der Waals surface area contributed by atoms with E-state index in [1.165, 1.54) is 0 Å². The molecular formula is C8H18ClNO2. The van der Waals surface area contributed by atoms with Gasteiger partial charge in [0.05, 0.1) is 6.61 Å². The van der Waals surface area contributed by atoms with Crippen LogP contribution in [0.3, 0.4) is 0 Å². The van der Waals surface area contributed by atoms with Gasteiger partial charge in [-0.1, -0.05) is 6.92 Å². The third-order valence-electron chi connectivity index (χ3n) is 1.55. The fourth-order valence-corrected chi connectivity index (χ4v) is 0.741. The van der Waals surface area contributed by atoms with E-state index >= 15 is 0 Å². The number of ether oxygens (including phenoxy) is 1. The van der Waals surface area contributed by atoms with Gasteiger partial charge >= 0.3 is 5.97 Å². The van der Waals surface area contributed by atoms with Gasteiger partial charge in [-0.2, -0.15) is 0 Å². The van der Waals surface area contributed by atoms with Crippen LogP contribution in [-0.4, -0.2) is 18.6 Å². The molecule has 1 atom stereocenters. The molecule has 0 aromatic heterocycles. The van der Waals surface area contributed by atoms with Gasteiger partial charge in [-0.25, -0.2) is 0 Å². The van der Waals surface area contributed by atoms with Gasteiger partial charge < -0.3 is 10.5 Å². The van der Waals surface area contributed by atoms with Crippen LogP contribution in [0.4, 0.5) is 0 Å². The van der Waals surface area contributed by atoms with Crippen molar-refractivity contribution in [3.63, 3.8) is 0 Å². The molecule has 0 aromatic carbocycles. The minimum absolute atomic E-state index is 0. The standard InChI is InChI=1S/C8H17NO2.ClH/c1-3-7(9)5-6-8(10)11-4-2;/h7H,3-6,9H2,1-2H3;1H. The van der Waals surface area contributed by atoms with Gasteiger partial charge in [0.1, 0.15) is 0 Å². The van der Waals surface area contributed by atoms with Crippen molar-refractivity contribution in [2.24, 2.45) is 5.73 Å². The SMILES string of the molecule is CCOC(=O)CCC(N)CC.Cl. The number of carbonyl (C=O) groups excluding carboxylic acids is 1. The molecular weight excluding hydrogens is 178 g/mol. The Bertz CT molecular complexity index is 120. The summed E-state index contributed by atoms with van der Waals surface area (Å²) >= 11 is 0. The summed E-state index contributed by atoms with van der Waals surface area (Å²) in [6, 6.07) is 0.138.